The predicted molar refractivity (Wildman–Crippen MR) is 132 cm³/mol. The fourth-order valence-electron chi connectivity index (χ4n) is 3.94. The number of rotatable bonds is 10. The van der Waals surface area contributed by atoms with Gasteiger partial charge in [0.25, 0.3) is 0 Å². The molecule has 1 aromatic heterocycles. The number of aromatic carboxylic acids is 1. The van der Waals surface area contributed by atoms with Gasteiger partial charge in [-0.2, -0.15) is 0 Å². The lowest BCUT2D eigenvalue weighted by atomic mass is 10.0. The van der Waals surface area contributed by atoms with Gasteiger partial charge in [-0.1, -0.05) is 31.2 Å². The van der Waals surface area contributed by atoms with Crippen molar-refractivity contribution >= 4 is 28.9 Å². The highest BCUT2D eigenvalue weighted by molar-refractivity contribution is 5.89. The van der Waals surface area contributed by atoms with Gasteiger partial charge in [-0.3, -0.25) is 4.79 Å². The van der Waals surface area contributed by atoms with E-state index in [1.165, 1.54) is 10.9 Å². The SMILES string of the molecule is CCCn1cc(Cc2ccc(C(=O)O)cc2OC)c2cc(C=CCCC(=O)N(C)C)ccc21. The summed E-state index contributed by atoms with van der Waals surface area (Å²) in [4.78, 5) is 24.7. The number of hydrogen-bond donors (Lipinski definition) is 1. The number of fused-ring (bicyclic) bond motifs is 1. The van der Waals surface area contributed by atoms with Crippen molar-refractivity contribution in [1.82, 2.24) is 9.47 Å². The standard InChI is InChI=1S/C27H32N2O4/c1-5-14-29-18-22(16-20-11-12-21(27(31)32)17-25(20)33-4)23-15-19(10-13-24(23)29)8-6-7-9-26(30)28(2)3/h6,8,10-13,15,17-18H,5,7,9,14,16H2,1-4H3,(H,31,32). The van der Waals surface area contributed by atoms with Crippen LogP contribution in [0.5, 0.6) is 5.75 Å². The molecule has 0 unspecified atom stereocenters. The second-order valence-corrected chi connectivity index (χ2v) is 8.36. The number of methoxy groups -OCH3 is 1. The zero-order chi connectivity index (χ0) is 24.0. The number of hydrogen-bond acceptors (Lipinski definition) is 3. The number of ether oxygens (including phenoxy) is 1. The molecule has 174 valence electrons. The summed E-state index contributed by atoms with van der Waals surface area (Å²) in [5.41, 5.74) is 4.58. The summed E-state index contributed by atoms with van der Waals surface area (Å²) in [5.74, 6) is -0.270. The number of carboxylic acid groups (broad SMARTS) is 1. The molecule has 3 rings (SSSR count). The normalized spacial score (nSPS) is 11.3. The zero-order valence-corrected chi connectivity index (χ0v) is 19.8. The number of benzene rings is 2. The van der Waals surface area contributed by atoms with Crippen LogP contribution in [0.4, 0.5) is 0 Å². The number of nitrogens with zero attached hydrogens (tertiary/aromatic N) is 2. The Bertz CT molecular complexity index is 1170. The number of carboxylic acids is 1. The maximum absolute atomic E-state index is 11.8. The lowest BCUT2D eigenvalue weighted by Gasteiger charge is -2.09. The van der Waals surface area contributed by atoms with E-state index in [9.17, 15) is 14.7 Å². The van der Waals surface area contributed by atoms with Crippen LogP contribution < -0.4 is 4.74 Å². The highest BCUT2D eigenvalue weighted by Crippen LogP contribution is 2.29. The van der Waals surface area contributed by atoms with E-state index in [-0.39, 0.29) is 11.5 Å². The number of aromatic nitrogens is 1. The molecule has 0 radical (unpaired) electrons. The van der Waals surface area contributed by atoms with Gasteiger partial charge in [-0.05, 0) is 53.8 Å². The second kappa shape index (κ2) is 10.9. The average Bonchev–Trinajstić information content (AvgIpc) is 3.13. The number of amides is 1. The molecule has 1 amide bonds. The smallest absolute Gasteiger partial charge is 0.335 e. The van der Waals surface area contributed by atoms with E-state index < -0.39 is 5.97 Å². The fourth-order valence-corrected chi connectivity index (χ4v) is 3.94. The molecule has 6 nitrogen and oxygen atoms in total. The Balaban J connectivity index is 1.92. The number of carbonyl (C=O) groups is 2. The summed E-state index contributed by atoms with van der Waals surface area (Å²) >= 11 is 0. The Labute approximate surface area is 195 Å². The maximum Gasteiger partial charge on any atom is 0.335 e. The summed E-state index contributed by atoms with van der Waals surface area (Å²) in [7, 11) is 5.11. The molecule has 0 aliphatic carbocycles. The van der Waals surface area contributed by atoms with Crippen LogP contribution in [0.3, 0.4) is 0 Å². The van der Waals surface area contributed by atoms with E-state index in [1.807, 2.05) is 12.1 Å². The summed E-state index contributed by atoms with van der Waals surface area (Å²) < 4.78 is 7.76. The minimum atomic E-state index is -0.969. The van der Waals surface area contributed by atoms with E-state index in [1.54, 1.807) is 38.2 Å². The lowest BCUT2D eigenvalue weighted by Crippen LogP contribution is -2.20. The molecule has 33 heavy (non-hydrogen) atoms. The van der Waals surface area contributed by atoms with Gasteiger partial charge in [0, 0.05) is 50.6 Å². The molecule has 0 bridgehead atoms. The van der Waals surface area contributed by atoms with Gasteiger partial charge < -0.3 is 19.3 Å². The van der Waals surface area contributed by atoms with Crippen LogP contribution in [0.1, 0.15) is 53.2 Å². The molecule has 3 aromatic rings. The maximum atomic E-state index is 11.8. The third kappa shape index (κ3) is 5.83. The van der Waals surface area contributed by atoms with Crippen molar-refractivity contribution < 1.29 is 19.4 Å². The second-order valence-electron chi connectivity index (χ2n) is 8.36. The van der Waals surface area contributed by atoms with Crippen molar-refractivity contribution in [3.05, 3.63) is 70.9 Å². The molecule has 0 aliphatic rings. The first kappa shape index (κ1) is 24.1. The Morgan fingerprint density at radius 1 is 1.12 bits per heavy atom. The van der Waals surface area contributed by atoms with Crippen LogP contribution in [0.2, 0.25) is 0 Å². The monoisotopic (exact) mass is 448 g/mol. The first-order chi connectivity index (χ1) is 15.8. The Hall–Kier alpha value is -3.54. The van der Waals surface area contributed by atoms with Crippen molar-refractivity contribution in [2.24, 2.45) is 0 Å². The molecule has 0 saturated carbocycles. The molecule has 1 N–H and O–H groups in total. The molecular formula is C27H32N2O4. The number of allylic oxidation sites excluding steroid dienone is 1. The minimum absolute atomic E-state index is 0.122. The predicted octanol–water partition coefficient (Wildman–Crippen LogP) is 5.23. The highest BCUT2D eigenvalue weighted by atomic mass is 16.5. The van der Waals surface area contributed by atoms with Crippen LogP contribution in [-0.4, -0.2) is 47.7 Å². The molecule has 1 heterocycles. The van der Waals surface area contributed by atoms with E-state index in [2.05, 4.69) is 42.0 Å². The van der Waals surface area contributed by atoms with Crippen molar-refractivity contribution in [3.8, 4) is 5.75 Å². The zero-order valence-electron chi connectivity index (χ0n) is 19.8. The van der Waals surface area contributed by atoms with Crippen molar-refractivity contribution in [1.29, 1.82) is 0 Å². The minimum Gasteiger partial charge on any atom is -0.496 e. The van der Waals surface area contributed by atoms with Crippen LogP contribution in [0.15, 0.2) is 48.7 Å². The highest BCUT2D eigenvalue weighted by Gasteiger charge is 2.14. The Kier molecular flexibility index (Phi) is 7.93. The lowest BCUT2D eigenvalue weighted by molar-refractivity contribution is -0.128. The Morgan fingerprint density at radius 3 is 2.58 bits per heavy atom. The van der Waals surface area contributed by atoms with Gasteiger partial charge >= 0.3 is 5.97 Å². The topological polar surface area (TPSA) is 71.8 Å². The molecule has 0 spiro atoms. The molecule has 2 aromatic carbocycles. The summed E-state index contributed by atoms with van der Waals surface area (Å²) in [6, 6.07) is 11.4. The third-order valence-corrected chi connectivity index (χ3v) is 5.70. The molecule has 0 atom stereocenters. The molecular weight excluding hydrogens is 416 g/mol. The summed E-state index contributed by atoms with van der Waals surface area (Å²) in [6.45, 7) is 3.08. The van der Waals surface area contributed by atoms with Gasteiger partial charge in [0.2, 0.25) is 5.91 Å². The van der Waals surface area contributed by atoms with Gasteiger partial charge in [0.15, 0.2) is 0 Å². The van der Waals surface area contributed by atoms with Gasteiger partial charge in [-0.25, -0.2) is 4.79 Å². The van der Waals surface area contributed by atoms with Crippen molar-refractivity contribution in [3.63, 3.8) is 0 Å². The quantitative estimate of drug-likeness (QED) is 0.461. The van der Waals surface area contributed by atoms with Crippen LogP contribution >= 0.6 is 0 Å². The van der Waals surface area contributed by atoms with Crippen LogP contribution in [0, 0.1) is 0 Å². The first-order valence-electron chi connectivity index (χ1n) is 11.2. The van der Waals surface area contributed by atoms with Crippen molar-refractivity contribution in [2.45, 2.75) is 39.2 Å². The largest absolute Gasteiger partial charge is 0.496 e. The Morgan fingerprint density at radius 2 is 1.91 bits per heavy atom. The average molecular weight is 449 g/mol. The summed E-state index contributed by atoms with van der Waals surface area (Å²) in [5, 5.41) is 10.4. The van der Waals surface area contributed by atoms with Gasteiger partial charge in [-0.15, -0.1) is 0 Å². The van der Waals surface area contributed by atoms with Crippen molar-refractivity contribution in [2.75, 3.05) is 21.2 Å². The molecule has 0 saturated heterocycles. The van der Waals surface area contributed by atoms with E-state index >= 15 is 0 Å². The van der Waals surface area contributed by atoms with Gasteiger partial charge in [0.05, 0.1) is 12.7 Å². The molecule has 0 aliphatic heterocycles. The van der Waals surface area contributed by atoms with Gasteiger partial charge in [0.1, 0.15) is 5.75 Å². The molecule has 6 heteroatoms. The number of carbonyl (C=O) groups excluding carboxylic acids is 1. The third-order valence-electron chi connectivity index (χ3n) is 5.70. The first-order valence-corrected chi connectivity index (χ1v) is 11.2. The van der Waals surface area contributed by atoms with Crippen LogP contribution in [0.25, 0.3) is 17.0 Å². The van der Waals surface area contributed by atoms with Crippen LogP contribution in [-0.2, 0) is 17.8 Å². The number of aryl methyl sites for hydroxylation is 1. The van der Waals surface area contributed by atoms with E-state index in [4.69, 9.17) is 4.74 Å². The summed E-state index contributed by atoms with van der Waals surface area (Å²) in [6.07, 6.45) is 9.15. The fraction of sp³-hybridized carbons (Fsp3) is 0.333. The molecule has 0 fully saturated rings. The van der Waals surface area contributed by atoms with E-state index in [0.717, 1.165) is 29.7 Å². The van der Waals surface area contributed by atoms with E-state index in [0.29, 0.717) is 25.0 Å².